The number of nitrogens with zero attached hydrogens (tertiary/aromatic N) is 2. The van der Waals surface area contributed by atoms with Gasteiger partial charge in [0, 0.05) is 111 Å². The molecule has 1 aromatic rings. The summed E-state index contributed by atoms with van der Waals surface area (Å²) in [7, 11) is 6.45. The first-order valence-corrected chi connectivity index (χ1v) is 50.8. The lowest BCUT2D eigenvalue weighted by Crippen LogP contribution is -2.58. The number of methoxy groups -OCH3 is 4. The van der Waals surface area contributed by atoms with Crippen LogP contribution in [0.4, 0.5) is 5.82 Å². The third-order valence-corrected chi connectivity index (χ3v) is 32.0. The highest BCUT2D eigenvalue weighted by molar-refractivity contribution is 5.79. The van der Waals surface area contributed by atoms with Crippen LogP contribution in [0.15, 0.2) is 111 Å². The van der Waals surface area contributed by atoms with Gasteiger partial charge in [-0.15, -0.1) is 0 Å². The van der Waals surface area contributed by atoms with Crippen molar-refractivity contribution in [2.45, 2.75) is 426 Å². The quantitative estimate of drug-likeness (QED) is 0.0518. The van der Waals surface area contributed by atoms with Gasteiger partial charge >= 0.3 is 17.6 Å². The Hall–Kier alpha value is -5.58. The van der Waals surface area contributed by atoms with Gasteiger partial charge in [0.2, 0.25) is 0 Å². The molecule has 36 nitrogen and oxygen atoms in total. The van der Waals surface area contributed by atoms with Crippen LogP contribution in [0.1, 0.15) is 213 Å². The molecular formula is C104H159N3O33. The summed E-state index contributed by atoms with van der Waals surface area (Å²) in [6.07, 6.45) is 8.79. The van der Waals surface area contributed by atoms with E-state index in [1.165, 1.54) is 12.3 Å². The Kier molecular flexibility index (Phi) is 36.9. The van der Waals surface area contributed by atoms with Crippen LogP contribution in [-0.4, -0.2) is 328 Å². The van der Waals surface area contributed by atoms with E-state index in [0.29, 0.717) is 117 Å². The molecule has 788 valence electrons. The third kappa shape index (κ3) is 23.9. The molecule has 11 fully saturated rings. The molecule has 0 amide bonds. The summed E-state index contributed by atoms with van der Waals surface area (Å²) in [4.78, 5) is 43.7. The van der Waals surface area contributed by atoms with Crippen LogP contribution < -0.4 is 11.4 Å². The molecule has 0 aromatic carbocycles. The topological polar surface area (TPSA) is 471 Å². The van der Waals surface area contributed by atoms with Gasteiger partial charge in [-0.25, -0.2) is 4.79 Å². The maximum atomic E-state index is 14.4. The number of ether oxygens (including phenoxy) is 21. The summed E-state index contributed by atoms with van der Waals surface area (Å²) in [6, 6.07) is 1.37. The number of anilines is 1. The van der Waals surface area contributed by atoms with Crippen molar-refractivity contribution in [2.24, 2.45) is 47.3 Å². The second kappa shape index (κ2) is 46.9. The van der Waals surface area contributed by atoms with Crippen molar-refractivity contribution < 1.29 is 155 Å². The van der Waals surface area contributed by atoms with E-state index in [9.17, 15) is 55.2 Å². The first kappa shape index (κ1) is 110. The Morgan fingerprint density at radius 3 is 1.34 bits per heavy atom. The number of nitrogens with two attached hydrogens (primary N) is 1. The average Bonchev–Trinajstić information content (AvgIpc) is 1.54. The van der Waals surface area contributed by atoms with Gasteiger partial charge in [-0.2, -0.15) is 4.98 Å². The van der Waals surface area contributed by atoms with Crippen LogP contribution >= 0.6 is 0 Å². The molecule has 0 radical (unpaired) electrons. The van der Waals surface area contributed by atoms with Gasteiger partial charge in [0.25, 0.3) is 0 Å². The minimum absolute atomic E-state index is 0.00708. The lowest BCUT2D eigenvalue weighted by Gasteiger charge is -2.51. The number of allylic oxidation sites excluding steroid dienone is 4. The molecule has 2 aliphatic carbocycles. The van der Waals surface area contributed by atoms with Gasteiger partial charge in [-0.3, -0.25) is 14.2 Å². The van der Waals surface area contributed by atoms with Crippen LogP contribution in [0.2, 0.25) is 0 Å². The van der Waals surface area contributed by atoms with E-state index in [0.717, 1.165) is 35.0 Å². The van der Waals surface area contributed by atoms with Crippen LogP contribution in [-0.2, 0) is 109 Å². The van der Waals surface area contributed by atoms with Crippen LogP contribution in [0.5, 0.6) is 0 Å². The maximum absolute atomic E-state index is 14.4. The fourth-order valence-corrected chi connectivity index (χ4v) is 23.5. The lowest BCUT2D eigenvalue weighted by molar-refractivity contribution is -0.341. The highest BCUT2D eigenvalue weighted by Crippen LogP contribution is 2.52. The Labute approximate surface area is 822 Å². The number of fused-ring (bicyclic) bond motifs is 4. The summed E-state index contributed by atoms with van der Waals surface area (Å²) in [5.74, 6) is -4.20. The summed E-state index contributed by atoms with van der Waals surface area (Å²) >= 11 is 0. The second-order valence-electron chi connectivity index (χ2n) is 42.3. The number of carbonyl (C=O) groups excluding carboxylic acids is 2. The van der Waals surface area contributed by atoms with Gasteiger partial charge in [0.1, 0.15) is 108 Å². The van der Waals surface area contributed by atoms with Crippen molar-refractivity contribution in [3.05, 3.63) is 117 Å². The Morgan fingerprint density at radius 1 is 0.514 bits per heavy atom. The van der Waals surface area contributed by atoms with Gasteiger partial charge in [0.15, 0.2) is 43.0 Å². The fraction of sp³-hybridized carbons (Fsp3) is 0.788. The highest BCUT2D eigenvalue weighted by atomic mass is 16.8. The molecule has 13 aliphatic heterocycles. The molecular weight excluding hydrogens is 1820 g/mol. The summed E-state index contributed by atoms with van der Waals surface area (Å²) in [5.41, 5.74) is 5.00. The van der Waals surface area contributed by atoms with Crippen molar-refractivity contribution in [3.8, 4) is 0 Å². The maximum Gasteiger partial charge on any atom is 0.351 e. The number of aliphatic hydroxyl groups excluding tert-OH is 7. The molecule has 1 aromatic heterocycles. The number of esters is 2. The normalized spacial score (nSPS) is 47.5. The molecule has 16 rings (SSSR count). The van der Waals surface area contributed by atoms with E-state index < -0.39 is 218 Å². The van der Waals surface area contributed by atoms with Crippen molar-refractivity contribution in [1.29, 1.82) is 0 Å². The molecule has 11 saturated heterocycles. The van der Waals surface area contributed by atoms with Crippen LogP contribution in [0.3, 0.4) is 0 Å². The third-order valence-electron chi connectivity index (χ3n) is 32.0. The molecule has 0 unspecified atom stereocenters. The lowest BCUT2D eigenvalue weighted by atomic mass is 9.71. The largest absolute Gasteiger partial charge is 0.462 e. The number of rotatable bonds is 17. The van der Waals surface area contributed by atoms with Crippen LogP contribution in [0.25, 0.3) is 0 Å². The molecule has 2 spiro atoms. The predicted octanol–water partition coefficient (Wildman–Crippen LogP) is 8.25. The number of hydrogen-bond donors (Lipinski definition) is 10. The first-order chi connectivity index (χ1) is 66.5. The Bertz CT molecular complexity index is 4630. The van der Waals surface area contributed by atoms with Crippen LogP contribution in [0, 0.1) is 47.3 Å². The fourth-order valence-electron chi connectivity index (χ4n) is 23.5. The zero-order valence-electron chi connectivity index (χ0n) is 85.0. The molecule has 4 bridgehead atoms. The van der Waals surface area contributed by atoms with Gasteiger partial charge in [0.05, 0.1) is 105 Å². The highest BCUT2D eigenvalue weighted by Gasteiger charge is 2.63. The van der Waals surface area contributed by atoms with Gasteiger partial charge in [-0.1, -0.05) is 123 Å². The van der Waals surface area contributed by atoms with E-state index >= 15 is 0 Å². The first-order valence-electron chi connectivity index (χ1n) is 50.8. The molecule has 0 saturated carbocycles. The Balaban J connectivity index is 0.000000190. The second-order valence-corrected chi connectivity index (χ2v) is 42.3. The zero-order chi connectivity index (χ0) is 101. The predicted molar refractivity (Wildman–Crippen MR) is 506 cm³/mol. The minimum atomic E-state index is -1.82. The zero-order valence-corrected chi connectivity index (χ0v) is 85.0. The smallest absolute Gasteiger partial charge is 0.351 e. The van der Waals surface area contributed by atoms with Gasteiger partial charge in [-0.05, 0) is 144 Å². The SMILES string of the molecule is CC[C@H](C)[C@H]1O[C@]2(CC[C@@H]1C)C[C@@H]1C[C@@H](C/C=C(\C)[C@@H](O[C@H]3C[C@H](OC)[C@@H](O[C@H]4C[C@H](OC)[C@@H](O)[C@H](C)O4)[C@H](C)O3)[C@@H](C)/C=C/C=C3\CO[C@@H]4[C@H](O)C(C)=C[C@@H](C(=O)O1)[C@]34O)O2.CO[C@H]1C[C@H](O[C@H]2[C@H](C)O[C@@H](O[C@@H]3/C(C)=C/C[C@@H]4C[C@@H](C[C@]5(CC[C@H](C)[C@@H](C(C)C)O5)O4)OC(=O)[C@@H]4C=C(C)[C@@H](O)[C@H]5OC/C(=C\C=C\[C@@H]3C)[C@]54O)C[C@@H]2OC)O[C@@H](C)[C@@H]1O.Nc1ccn([C@@H]2O[C@H](CO)[C@@H](O)[C@@H]2O)c(=O)n1. The molecule has 11 N–H and O–H groups in total. The number of aromatic nitrogens is 2. The van der Waals surface area contributed by atoms with E-state index in [-0.39, 0.29) is 73.4 Å². The van der Waals surface area contributed by atoms with Crippen molar-refractivity contribution >= 4 is 17.8 Å². The minimum Gasteiger partial charge on any atom is -0.462 e. The molecule has 14 heterocycles. The summed E-state index contributed by atoms with van der Waals surface area (Å²) < 4.78 is 134. The number of aliphatic hydroxyl groups is 9. The monoisotopic (exact) mass is 1980 g/mol. The molecule has 140 heavy (non-hydrogen) atoms. The standard InChI is InChI=1S/C48H74O14.C47H72O14.C9H13N3O5/c1-11-25(2)43-28(5)17-18-47(62-43)23-34-20-33(61-47)16-15-27(4)42(26(3)13-12-14-32-24-55-45-40(49)29(6)19-35(46(51)58-34)48(32,45)52)59-39-22-37(54-10)44(31(8)57-39)60-38-21-36(53-9)41(50)30(7)56-38;1-24(2)41-27(5)16-17-46(61-41)22-33-19-32(60-46)15-14-26(4)42(25(3)12-11-13-31-23-54-44-39(48)28(6)18-34(45(50)57-33)47(31,44)51)58-38-21-36(53-10)43(30(8)56-38)59-37-20-35(52-9)40(49)29(7)55-37;10-5-1-2-12(9(16)11-5)8-7(15)6(14)4(3-13)17-8/h12-15,19,25-26,28,30-31,33-45,49-50,52H,11,16-18,20-24H2,1-10H3;11-14,18,24-25,27,29-30,32-44,48-49,51H,15-17,19-23H2,1-10H3;1-2,4,6-8,13-15H,3H2,(H2,10,11,16)/b13-12+,27-15+,32-14+;12-11+,26-14+,31-13+;/t25-,26-,28-,30-,31-,33+,34-,35-,36-,37-,38-,39-,40+,41-,42-,43+,44-,45+,47+,48+;25-,27-,29-,30-,32+,33-,34-,35-,36-,37-,38-,39+,40-,41+,42-,43-,44+,46+,47+;4-,6-,7+,8-/m001/s1. The van der Waals surface area contributed by atoms with Crippen molar-refractivity contribution in [2.75, 3.05) is 54.0 Å². The average molecular weight is 1980 g/mol. The molecule has 36 heteroatoms. The van der Waals surface area contributed by atoms with E-state index in [1.54, 1.807) is 80.4 Å². The molecule has 15 aliphatic rings. The van der Waals surface area contributed by atoms with E-state index in [1.807, 2.05) is 38.2 Å². The van der Waals surface area contributed by atoms with Crippen molar-refractivity contribution in [3.63, 3.8) is 0 Å². The summed E-state index contributed by atoms with van der Waals surface area (Å²) in [6.45, 7) is 32.0. The van der Waals surface area contributed by atoms with Gasteiger partial charge < -0.3 is 151 Å². The number of hydrogen-bond acceptors (Lipinski definition) is 35. The Morgan fingerprint density at radius 2 is 0.929 bits per heavy atom. The summed E-state index contributed by atoms with van der Waals surface area (Å²) in [5, 5.41) is 96.6. The van der Waals surface area contributed by atoms with Crippen molar-refractivity contribution in [1.82, 2.24) is 9.55 Å². The molecule has 43 atom stereocenters. The number of nitrogen functional groups attached to an aromatic ring is 1. The number of carbonyl (C=O) groups is 2. The van der Waals surface area contributed by atoms with E-state index in [4.69, 9.17) is 110 Å². The van der Waals surface area contributed by atoms with E-state index in [2.05, 4.69) is 86.4 Å².